The molecule has 86 valence electrons. The van der Waals surface area contributed by atoms with Crippen molar-refractivity contribution in [3.8, 4) is 0 Å². The summed E-state index contributed by atoms with van der Waals surface area (Å²) in [5.74, 6) is 0.691. The van der Waals surface area contributed by atoms with Gasteiger partial charge in [0.05, 0.1) is 5.69 Å². The molecule has 16 heavy (non-hydrogen) atoms. The van der Waals surface area contributed by atoms with Crippen molar-refractivity contribution in [2.75, 3.05) is 16.8 Å². The van der Waals surface area contributed by atoms with Crippen molar-refractivity contribution < 1.29 is 4.79 Å². The van der Waals surface area contributed by atoms with E-state index in [1.165, 1.54) is 9.13 Å². The molecule has 0 bridgehead atoms. The van der Waals surface area contributed by atoms with Gasteiger partial charge in [0.1, 0.15) is 0 Å². The first kappa shape index (κ1) is 12.4. The van der Waals surface area contributed by atoms with Crippen molar-refractivity contribution >= 4 is 50.1 Å². The highest BCUT2D eigenvalue weighted by molar-refractivity contribution is 14.1. The van der Waals surface area contributed by atoms with Gasteiger partial charge in [0.15, 0.2) is 0 Å². The fourth-order valence-electron chi connectivity index (χ4n) is 1.96. The summed E-state index contributed by atoms with van der Waals surface area (Å²) in [6, 6.07) is 6.12. The molecule has 0 radical (unpaired) electrons. The van der Waals surface area contributed by atoms with Gasteiger partial charge in [-0.15, -0.1) is 0 Å². The van der Waals surface area contributed by atoms with E-state index in [2.05, 4.69) is 51.5 Å². The van der Waals surface area contributed by atoms with E-state index in [0.717, 1.165) is 17.6 Å². The molecular formula is C12H13BrINO. The van der Waals surface area contributed by atoms with Gasteiger partial charge in [-0.2, -0.15) is 0 Å². The molecule has 1 aromatic carbocycles. The third-order valence-electron chi connectivity index (χ3n) is 2.89. The first-order valence-corrected chi connectivity index (χ1v) is 7.45. The highest BCUT2D eigenvalue weighted by Crippen LogP contribution is 2.31. The number of alkyl halides is 1. The molecule has 1 fully saturated rings. The zero-order chi connectivity index (χ0) is 11.7. The SMILES string of the molecule is Cc1cccc(N2CC(CBr)CC2=O)c1I. The predicted molar refractivity (Wildman–Crippen MR) is 78.2 cm³/mol. The summed E-state index contributed by atoms with van der Waals surface area (Å²) in [7, 11) is 0. The van der Waals surface area contributed by atoms with Crippen LogP contribution in [0.3, 0.4) is 0 Å². The Morgan fingerprint density at radius 1 is 1.56 bits per heavy atom. The number of rotatable bonds is 2. The van der Waals surface area contributed by atoms with E-state index < -0.39 is 0 Å². The van der Waals surface area contributed by atoms with E-state index in [0.29, 0.717) is 12.3 Å². The van der Waals surface area contributed by atoms with Gasteiger partial charge in [0.2, 0.25) is 5.91 Å². The molecule has 2 nitrogen and oxygen atoms in total. The molecule has 0 aromatic heterocycles. The van der Waals surface area contributed by atoms with Crippen molar-refractivity contribution in [1.29, 1.82) is 0 Å². The number of aryl methyl sites for hydroxylation is 1. The fourth-order valence-corrected chi connectivity index (χ4v) is 3.04. The molecule has 0 N–H and O–H groups in total. The normalized spacial score (nSPS) is 20.6. The molecule has 2 rings (SSSR count). The lowest BCUT2D eigenvalue weighted by Crippen LogP contribution is -2.25. The van der Waals surface area contributed by atoms with Gasteiger partial charge < -0.3 is 4.90 Å². The van der Waals surface area contributed by atoms with Crippen LogP contribution in [0.2, 0.25) is 0 Å². The number of nitrogens with zero attached hydrogens (tertiary/aromatic N) is 1. The van der Waals surface area contributed by atoms with Crippen LogP contribution in [0.25, 0.3) is 0 Å². The number of amides is 1. The van der Waals surface area contributed by atoms with Crippen molar-refractivity contribution in [1.82, 2.24) is 0 Å². The Morgan fingerprint density at radius 2 is 2.31 bits per heavy atom. The minimum absolute atomic E-state index is 0.243. The largest absolute Gasteiger partial charge is 0.311 e. The predicted octanol–water partition coefficient (Wildman–Crippen LogP) is 3.35. The summed E-state index contributed by atoms with van der Waals surface area (Å²) in [5.41, 5.74) is 2.29. The number of hydrogen-bond donors (Lipinski definition) is 0. The highest BCUT2D eigenvalue weighted by Gasteiger charge is 2.30. The van der Waals surface area contributed by atoms with Gasteiger partial charge in [-0.05, 0) is 47.1 Å². The van der Waals surface area contributed by atoms with Crippen LogP contribution in [0.15, 0.2) is 18.2 Å². The topological polar surface area (TPSA) is 20.3 Å². The standard InChI is InChI=1S/C12H13BrINO/c1-8-3-2-4-10(12(8)14)15-7-9(6-13)5-11(15)16/h2-4,9H,5-7H2,1H3. The minimum atomic E-state index is 0.243. The van der Waals surface area contributed by atoms with Crippen molar-refractivity contribution in [2.24, 2.45) is 5.92 Å². The lowest BCUT2D eigenvalue weighted by atomic mass is 10.2. The molecule has 1 aromatic rings. The lowest BCUT2D eigenvalue weighted by Gasteiger charge is -2.19. The number of carbonyl (C=O) groups excluding carboxylic acids is 1. The average Bonchev–Trinajstić information content (AvgIpc) is 2.64. The lowest BCUT2D eigenvalue weighted by molar-refractivity contribution is -0.117. The Balaban J connectivity index is 2.31. The molecule has 0 aliphatic carbocycles. The van der Waals surface area contributed by atoms with Crippen LogP contribution in [0.5, 0.6) is 0 Å². The van der Waals surface area contributed by atoms with Crippen LogP contribution in [-0.2, 0) is 4.79 Å². The van der Waals surface area contributed by atoms with Gasteiger partial charge in [-0.1, -0.05) is 28.1 Å². The second-order valence-electron chi connectivity index (χ2n) is 4.14. The average molecular weight is 394 g/mol. The summed E-state index contributed by atoms with van der Waals surface area (Å²) in [6.07, 6.45) is 0.662. The molecule has 4 heteroatoms. The number of carbonyl (C=O) groups is 1. The van der Waals surface area contributed by atoms with E-state index in [4.69, 9.17) is 0 Å². The van der Waals surface area contributed by atoms with E-state index in [9.17, 15) is 4.79 Å². The molecular weight excluding hydrogens is 381 g/mol. The van der Waals surface area contributed by atoms with Gasteiger partial charge in [0, 0.05) is 21.9 Å². The van der Waals surface area contributed by atoms with Gasteiger partial charge in [-0.3, -0.25) is 4.79 Å². The Morgan fingerprint density at radius 3 is 2.94 bits per heavy atom. The molecule has 1 aliphatic rings. The van der Waals surface area contributed by atoms with Crippen LogP contribution < -0.4 is 4.90 Å². The van der Waals surface area contributed by atoms with Gasteiger partial charge >= 0.3 is 0 Å². The quantitative estimate of drug-likeness (QED) is 0.557. The maximum atomic E-state index is 11.9. The Labute approximate surface area is 118 Å². The number of halogens is 2. The third kappa shape index (κ3) is 2.27. The first-order valence-electron chi connectivity index (χ1n) is 5.25. The van der Waals surface area contributed by atoms with Crippen molar-refractivity contribution in [3.63, 3.8) is 0 Å². The Bertz CT molecular complexity index is 421. The number of hydrogen-bond acceptors (Lipinski definition) is 1. The first-order chi connectivity index (χ1) is 7.63. The Hall–Kier alpha value is -0.100. The second-order valence-corrected chi connectivity index (χ2v) is 5.86. The van der Waals surface area contributed by atoms with E-state index in [-0.39, 0.29) is 5.91 Å². The fraction of sp³-hybridized carbons (Fsp3) is 0.417. The maximum absolute atomic E-state index is 11.9. The second kappa shape index (κ2) is 5.04. The third-order valence-corrected chi connectivity index (χ3v) is 5.20. The van der Waals surface area contributed by atoms with Crippen LogP contribution in [0.1, 0.15) is 12.0 Å². The highest BCUT2D eigenvalue weighted by atomic mass is 127. The minimum Gasteiger partial charge on any atom is -0.311 e. The maximum Gasteiger partial charge on any atom is 0.227 e. The number of benzene rings is 1. The zero-order valence-corrected chi connectivity index (χ0v) is 12.8. The number of anilines is 1. The van der Waals surface area contributed by atoms with Crippen LogP contribution >= 0.6 is 38.5 Å². The molecule has 1 aliphatic heterocycles. The monoisotopic (exact) mass is 393 g/mol. The van der Waals surface area contributed by atoms with Gasteiger partial charge in [-0.25, -0.2) is 0 Å². The molecule has 1 atom stereocenters. The summed E-state index contributed by atoms with van der Waals surface area (Å²) in [5, 5.41) is 0.900. The summed E-state index contributed by atoms with van der Waals surface area (Å²) in [4.78, 5) is 13.8. The molecule has 1 amide bonds. The van der Waals surface area contributed by atoms with Crippen LogP contribution in [0.4, 0.5) is 5.69 Å². The van der Waals surface area contributed by atoms with Gasteiger partial charge in [0.25, 0.3) is 0 Å². The molecule has 0 saturated carbocycles. The molecule has 0 spiro atoms. The van der Waals surface area contributed by atoms with Crippen LogP contribution in [-0.4, -0.2) is 17.8 Å². The Kier molecular flexibility index (Phi) is 3.89. The molecule has 1 saturated heterocycles. The van der Waals surface area contributed by atoms with Crippen molar-refractivity contribution in [3.05, 3.63) is 27.3 Å². The van der Waals surface area contributed by atoms with E-state index in [1.807, 2.05) is 17.0 Å². The summed E-state index contributed by atoms with van der Waals surface area (Å²) >= 11 is 5.77. The molecule has 1 unspecified atom stereocenters. The smallest absolute Gasteiger partial charge is 0.227 e. The zero-order valence-electron chi connectivity index (χ0n) is 9.04. The summed E-state index contributed by atoms with van der Waals surface area (Å²) < 4.78 is 1.18. The molecule has 1 heterocycles. The van der Waals surface area contributed by atoms with E-state index >= 15 is 0 Å². The van der Waals surface area contributed by atoms with Crippen molar-refractivity contribution in [2.45, 2.75) is 13.3 Å². The summed E-state index contributed by atoms with van der Waals surface area (Å²) in [6.45, 7) is 2.91. The van der Waals surface area contributed by atoms with Crippen LogP contribution in [0, 0.1) is 16.4 Å². The van der Waals surface area contributed by atoms with E-state index in [1.54, 1.807) is 0 Å².